The Labute approximate surface area is 351 Å². The van der Waals surface area contributed by atoms with Crippen molar-refractivity contribution in [3.8, 4) is 39.1 Å². The van der Waals surface area contributed by atoms with Gasteiger partial charge in [0.25, 0.3) is 0 Å². The maximum atomic E-state index is 2.46. The lowest BCUT2D eigenvalue weighted by Gasteiger charge is -2.30. The fourth-order valence-corrected chi connectivity index (χ4v) is 10.7. The molecular weight excluding hydrogens is 725 g/mol. The Balaban J connectivity index is 0.993. The van der Waals surface area contributed by atoms with Crippen LogP contribution in [0.4, 0.5) is 17.1 Å². The number of hydrogen-bond acceptors (Lipinski definition) is 1. The second kappa shape index (κ2) is 12.7. The van der Waals surface area contributed by atoms with Gasteiger partial charge in [0.15, 0.2) is 0 Å². The molecule has 0 fully saturated rings. The zero-order valence-corrected chi connectivity index (χ0v) is 34.4. The van der Waals surface area contributed by atoms with Gasteiger partial charge in [-0.3, -0.25) is 0 Å². The Hall–Kier alpha value is -7.16. The lowest BCUT2D eigenvalue weighted by molar-refractivity contribution is 0.660. The number of fused-ring (bicyclic) bond motifs is 10. The van der Waals surface area contributed by atoms with Crippen molar-refractivity contribution in [3.63, 3.8) is 0 Å². The van der Waals surface area contributed by atoms with Crippen LogP contribution in [0.2, 0.25) is 0 Å². The van der Waals surface area contributed by atoms with Crippen LogP contribution in [0, 0.1) is 0 Å². The zero-order chi connectivity index (χ0) is 40.3. The topological polar surface area (TPSA) is 8.17 Å². The molecule has 0 saturated carbocycles. The number of anilines is 3. The molecule has 0 atom stereocenters. The summed E-state index contributed by atoms with van der Waals surface area (Å²) in [6.07, 6.45) is 0. The van der Waals surface area contributed by atoms with Crippen molar-refractivity contribution in [2.75, 3.05) is 4.90 Å². The average molecular weight is 769 g/mol. The molecule has 2 heteroatoms. The summed E-state index contributed by atoms with van der Waals surface area (Å²) in [5.74, 6) is 0. The Morgan fingerprint density at radius 1 is 0.350 bits per heavy atom. The number of nitrogens with zero attached hydrogens (tertiary/aromatic N) is 2. The first-order chi connectivity index (χ1) is 29.3. The molecule has 1 heterocycles. The molecule has 1 aromatic heterocycles. The smallest absolute Gasteiger partial charge is 0.0547 e. The summed E-state index contributed by atoms with van der Waals surface area (Å²) < 4.78 is 2.43. The normalized spacial score (nSPS) is 14.3. The molecule has 2 aliphatic rings. The lowest BCUT2D eigenvalue weighted by Crippen LogP contribution is -2.18. The number of benzene rings is 9. The van der Waals surface area contributed by atoms with E-state index in [-0.39, 0.29) is 10.8 Å². The summed E-state index contributed by atoms with van der Waals surface area (Å²) in [7, 11) is 0. The first-order valence-electron chi connectivity index (χ1n) is 21.2. The van der Waals surface area contributed by atoms with Crippen LogP contribution in [-0.4, -0.2) is 4.57 Å². The molecule has 0 aliphatic heterocycles. The zero-order valence-electron chi connectivity index (χ0n) is 34.4. The van der Waals surface area contributed by atoms with Gasteiger partial charge >= 0.3 is 0 Å². The third kappa shape index (κ3) is 5.01. The summed E-state index contributed by atoms with van der Waals surface area (Å²) in [5, 5.41) is 5.01. The van der Waals surface area contributed by atoms with Crippen LogP contribution < -0.4 is 4.90 Å². The van der Waals surface area contributed by atoms with Crippen LogP contribution in [0.25, 0.3) is 71.6 Å². The Bertz CT molecular complexity index is 3270. The fourth-order valence-electron chi connectivity index (χ4n) is 10.7. The maximum Gasteiger partial charge on any atom is 0.0547 e. The standard InChI is InChI=1S/C58H44N2/c1-57(2)51-18-10-7-15-45(51)47-31-28-43(35-53(47)57)59(44-29-32-48-46-16-8-11-19-52(46)58(3,4)54(48)36-44)41-25-21-38(22-26-41)40-24-30-50-49-17-9-12-20-55(49)60(56(50)34-40)42-27-23-37-13-5-6-14-39(37)33-42/h5-36H,1-4H3. The van der Waals surface area contributed by atoms with E-state index in [1.165, 1.54) is 93.9 Å². The summed E-state index contributed by atoms with van der Waals surface area (Å²) in [6.45, 7) is 9.47. The molecular formula is C58H44N2. The van der Waals surface area contributed by atoms with Crippen LogP contribution in [-0.2, 0) is 10.8 Å². The van der Waals surface area contributed by atoms with Gasteiger partial charge in [-0.05, 0) is 127 Å². The van der Waals surface area contributed by atoms with E-state index in [9.17, 15) is 0 Å². The highest BCUT2D eigenvalue weighted by molar-refractivity contribution is 6.10. The minimum atomic E-state index is -0.104. The molecule has 2 aliphatic carbocycles. The van der Waals surface area contributed by atoms with Crippen LogP contribution in [0.5, 0.6) is 0 Å². The number of aromatic nitrogens is 1. The van der Waals surface area contributed by atoms with E-state index in [1.54, 1.807) is 0 Å². The SMILES string of the molecule is CC1(C)c2ccccc2-c2ccc(N(c3ccc(-c4ccc5c6ccccc6n(-c6ccc7ccccc7c6)c5c4)cc3)c3ccc4c(c3)C(C)(C)c3ccccc3-4)cc21. The van der Waals surface area contributed by atoms with Crippen molar-refractivity contribution in [1.82, 2.24) is 4.57 Å². The van der Waals surface area contributed by atoms with Crippen LogP contribution in [0.1, 0.15) is 49.9 Å². The molecule has 2 nitrogen and oxygen atoms in total. The highest BCUT2D eigenvalue weighted by Crippen LogP contribution is 2.53. The monoisotopic (exact) mass is 768 g/mol. The molecule has 0 amide bonds. The summed E-state index contributed by atoms with van der Waals surface area (Å²) in [6, 6.07) is 72.4. The van der Waals surface area contributed by atoms with Crippen molar-refractivity contribution in [2.45, 2.75) is 38.5 Å². The predicted molar refractivity (Wildman–Crippen MR) is 254 cm³/mol. The average Bonchev–Trinajstić information content (AvgIpc) is 3.83. The molecule has 0 radical (unpaired) electrons. The van der Waals surface area contributed by atoms with E-state index in [2.05, 4.69) is 231 Å². The number of hydrogen-bond donors (Lipinski definition) is 0. The Kier molecular flexibility index (Phi) is 7.36. The molecule has 0 unspecified atom stereocenters. The molecule has 60 heavy (non-hydrogen) atoms. The number of para-hydroxylation sites is 1. The van der Waals surface area contributed by atoms with Crippen molar-refractivity contribution in [3.05, 3.63) is 216 Å². The quantitative estimate of drug-likeness (QED) is 0.169. The highest BCUT2D eigenvalue weighted by Gasteiger charge is 2.37. The van der Waals surface area contributed by atoms with Gasteiger partial charge < -0.3 is 9.47 Å². The minimum absolute atomic E-state index is 0.104. The van der Waals surface area contributed by atoms with Crippen LogP contribution >= 0.6 is 0 Å². The summed E-state index contributed by atoms with van der Waals surface area (Å²) in [5.41, 5.74) is 20.1. The van der Waals surface area contributed by atoms with Gasteiger partial charge in [-0.25, -0.2) is 0 Å². The van der Waals surface area contributed by atoms with Gasteiger partial charge in [0.05, 0.1) is 11.0 Å². The lowest BCUT2D eigenvalue weighted by atomic mass is 9.82. The molecule has 0 bridgehead atoms. The number of rotatable bonds is 5. The van der Waals surface area contributed by atoms with Gasteiger partial charge in [-0.2, -0.15) is 0 Å². The van der Waals surface area contributed by atoms with E-state index in [0.717, 1.165) is 17.1 Å². The molecule has 0 spiro atoms. The third-order valence-corrected chi connectivity index (χ3v) is 13.8. The van der Waals surface area contributed by atoms with Crippen LogP contribution in [0.15, 0.2) is 194 Å². The first kappa shape index (κ1) is 34.8. The molecule has 286 valence electrons. The third-order valence-electron chi connectivity index (χ3n) is 13.8. The van der Waals surface area contributed by atoms with E-state index < -0.39 is 0 Å². The van der Waals surface area contributed by atoms with E-state index in [1.807, 2.05) is 0 Å². The van der Waals surface area contributed by atoms with Gasteiger partial charge in [0, 0.05) is 44.4 Å². The summed E-state index contributed by atoms with van der Waals surface area (Å²) in [4.78, 5) is 2.46. The fraction of sp³-hybridized carbons (Fsp3) is 0.103. The Morgan fingerprint density at radius 2 is 0.867 bits per heavy atom. The molecule has 10 aromatic rings. The van der Waals surface area contributed by atoms with Crippen molar-refractivity contribution in [2.24, 2.45) is 0 Å². The van der Waals surface area contributed by atoms with Gasteiger partial charge in [-0.15, -0.1) is 0 Å². The van der Waals surface area contributed by atoms with Gasteiger partial charge in [-0.1, -0.05) is 161 Å². The highest BCUT2D eigenvalue weighted by atomic mass is 15.1. The van der Waals surface area contributed by atoms with Gasteiger partial charge in [0.2, 0.25) is 0 Å². The van der Waals surface area contributed by atoms with Crippen molar-refractivity contribution in [1.29, 1.82) is 0 Å². The van der Waals surface area contributed by atoms with Crippen LogP contribution in [0.3, 0.4) is 0 Å². The summed E-state index contributed by atoms with van der Waals surface area (Å²) >= 11 is 0. The molecule has 0 N–H and O–H groups in total. The molecule has 9 aromatic carbocycles. The Morgan fingerprint density at radius 3 is 1.53 bits per heavy atom. The van der Waals surface area contributed by atoms with Crippen molar-refractivity contribution >= 4 is 49.6 Å². The molecule has 0 saturated heterocycles. The van der Waals surface area contributed by atoms with Crippen molar-refractivity contribution < 1.29 is 0 Å². The first-order valence-corrected chi connectivity index (χ1v) is 21.2. The van der Waals surface area contributed by atoms with E-state index >= 15 is 0 Å². The predicted octanol–water partition coefficient (Wildman–Crippen LogP) is 15.7. The van der Waals surface area contributed by atoms with Gasteiger partial charge in [0.1, 0.15) is 0 Å². The van der Waals surface area contributed by atoms with E-state index in [0.29, 0.717) is 0 Å². The largest absolute Gasteiger partial charge is 0.310 e. The maximum absolute atomic E-state index is 2.46. The minimum Gasteiger partial charge on any atom is -0.310 e. The second-order valence-electron chi connectivity index (χ2n) is 17.8. The second-order valence-corrected chi connectivity index (χ2v) is 17.8. The molecule has 12 rings (SSSR count). The van der Waals surface area contributed by atoms with E-state index in [4.69, 9.17) is 0 Å².